The Labute approximate surface area is 129 Å². The number of nitrogens with two attached hydrogens (primary N) is 1. The van der Waals surface area contributed by atoms with E-state index >= 15 is 0 Å². The summed E-state index contributed by atoms with van der Waals surface area (Å²) in [5.41, 5.74) is 6.92. The highest BCUT2D eigenvalue weighted by molar-refractivity contribution is 5.78. The molecule has 1 aromatic rings. The average molecular weight is 307 g/mol. The van der Waals surface area contributed by atoms with Crippen LogP contribution in [0.1, 0.15) is 36.8 Å². The summed E-state index contributed by atoms with van der Waals surface area (Å²) in [5, 5.41) is 2.81. The molecular formula is C16H22FN3O2. The van der Waals surface area contributed by atoms with Gasteiger partial charge in [-0.2, -0.15) is 0 Å². The van der Waals surface area contributed by atoms with Gasteiger partial charge in [-0.15, -0.1) is 0 Å². The molecule has 0 radical (unpaired) electrons. The monoisotopic (exact) mass is 307 g/mol. The van der Waals surface area contributed by atoms with E-state index in [4.69, 9.17) is 5.73 Å². The smallest absolute Gasteiger partial charge is 0.317 e. The second-order valence-electron chi connectivity index (χ2n) is 5.74. The number of hydrogen-bond donors (Lipinski definition) is 2. The van der Waals surface area contributed by atoms with Gasteiger partial charge in [0.2, 0.25) is 5.91 Å². The number of benzene rings is 1. The topological polar surface area (TPSA) is 75.4 Å². The zero-order valence-electron chi connectivity index (χ0n) is 12.8. The molecule has 0 saturated carbocycles. The number of nitrogens with zero attached hydrogens (tertiary/aromatic N) is 1. The van der Waals surface area contributed by atoms with Gasteiger partial charge < -0.3 is 16.0 Å². The minimum atomic E-state index is -0.398. The third-order valence-electron chi connectivity index (χ3n) is 4.07. The molecule has 120 valence electrons. The Hall–Kier alpha value is -2.11. The fourth-order valence-corrected chi connectivity index (χ4v) is 2.82. The second-order valence-corrected chi connectivity index (χ2v) is 5.74. The summed E-state index contributed by atoms with van der Waals surface area (Å²) in [6, 6.07) is 4.14. The number of carbonyl (C=O) groups is 2. The van der Waals surface area contributed by atoms with Crippen molar-refractivity contribution in [2.45, 2.75) is 45.2 Å². The summed E-state index contributed by atoms with van der Waals surface area (Å²) >= 11 is 0. The number of hydrogen-bond acceptors (Lipinski definition) is 2. The Morgan fingerprint density at radius 3 is 2.91 bits per heavy atom. The number of aryl methyl sites for hydroxylation is 1. The third kappa shape index (κ3) is 4.19. The number of piperidine rings is 1. The van der Waals surface area contributed by atoms with Crippen molar-refractivity contribution in [1.29, 1.82) is 0 Å². The van der Waals surface area contributed by atoms with E-state index in [9.17, 15) is 14.0 Å². The van der Waals surface area contributed by atoms with Gasteiger partial charge in [-0.1, -0.05) is 6.07 Å². The van der Waals surface area contributed by atoms with Gasteiger partial charge in [-0.3, -0.25) is 4.79 Å². The standard InChI is InChI=1S/C16H22FN3O2/c1-11-5-6-13(17)8-12(11)10-19-16(22)20-7-3-2-4-14(20)9-15(18)21/h5-6,8,14H,2-4,7,9-10H2,1H3,(H2,18,21)(H,19,22)/t14-/m1/s1. The van der Waals surface area contributed by atoms with E-state index in [1.807, 2.05) is 6.92 Å². The largest absolute Gasteiger partial charge is 0.370 e. The summed E-state index contributed by atoms with van der Waals surface area (Å²) in [4.78, 5) is 25.1. The van der Waals surface area contributed by atoms with Crippen molar-refractivity contribution >= 4 is 11.9 Å². The van der Waals surface area contributed by atoms with Gasteiger partial charge in [0, 0.05) is 25.6 Å². The molecule has 1 atom stereocenters. The van der Waals surface area contributed by atoms with E-state index in [1.165, 1.54) is 12.1 Å². The average Bonchev–Trinajstić information content (AvgIpc) is 2.48. The molecule has 1 fully saturated rings. The normalized spacial score (nSPS) is 18.1. The van der Waals surface area contributed by atoms with E-state index in [1.54, 1.807) is 11.0 Å². The third-order valence-corrected chi connectivity index (χ3v) is 4.07. The number of likely N-dealkylation sites (tertiary alicyclic amines) is 1. The van der Waals surface area contributed by atoms with Gasteiger partial charge in [-0.05, 0) is 49.4 Å². The first kappa shape index (κ1) is 16.3. The minimum absolute atomic E-state index is 0.139. The molecule has 1 aliphatic rings. The van der Waals surface area contributed by atoms with Crippen LogP contribution in [-0.4, -0.2) is 29.4 Å². The highest BCUT2D eigenvalue weighted by Gasteiger charge is 2.27. The van der Waals surface area contributed by atoms with Crippen LogP contribution in [0.5, 0.6) is 0 Å². The van der Waals surface area contributed by atoms with E-state index < -0.39 is 5.91 Å². The van der Waals surface area contributed by atoms with Crippen LogP contribution in [0.2, 0.25) is 0 Å². The van der Waals surface area contributed by atoms with Crippen molar-refractivity contribution in [1.82, 2.24) is 10.2 Å². The highest BCUT2D eigenvalue weighted by Crippen LogP contribution is 2.20. The first-order chi connectivity index (χ1) is 10.5. The molecule has 0 aliphatic carbocycles. The molecule has 3 N–H and O–H groups in total. The molecule has 2 rings (SSSR count). The summed E-state index contributed by atoms with van der Waals surface area (Å²) in [6.07, 6.45) is 2.88. The number of primary amides is 1. The van der Waals surface area contributed by atoms with Crippen molar-refractivity contribution in [2.75, 3.05) is 6.54 Å². The molecular weight excluding hydrogens is 285 g/mol. The summed E-state index contributed by atoms with van der Waals surface area (Å²) in [5.74, 6) is -0.717. The zero-order valence-corrected chi connectivity index (χ0v) is 12.8. The van der Waals surface area contributed by atoms with Crippen molar-refractivity contribution in [3.05, 3.63) is 35.1 Å². The van der Waals surface area contributed by atoms with Crippen LogP contribution in [0.4, 0.5) is 9.18 Å². The predicted molar refractivity (Wildman–Crippen MR) is 81.5 cm³/mol. The van der Waals surface area contributed by atoms with Gasteiger partial charge in [0.15, 0.2) is 0 Å². The highest BCUT2D eigenvalue weighted by atomic mass is 19.1. The van der Waals surface area contributed by atoms with Gasteiger partial charge in [0.1, 0.15) is 5.82 Å². The number of halogens is 1. The molecule has 0 aromatic heterocycles. The van der Waals surface area contributed by atoms with Gasteiger partial charge in [-0.25, -0.2) is 9.18 Å². The van der Waals surface area contributed by atoms with Gasteiger partial charge >= 0.3 is 6.03 Å². The Bertz CT molecular complexity index is 562. The van der Waals surface area contributed by atoms with Crippen LogP contribution in [0.25, 0.3) is 0 Å². The number of urea groups is 1. The maximum atomic E-state index is 13.3. The van der Waals surface area contributed by atoms with E-state index in [0.29, 0.717) is 6.54 Å². The van der Waals surface area contributed by atoms with Crippen LogP contribution in [0.15, 0.2) is 18.2 Å². The van der Waals surface area contributed by atoms with Gasteiger partial charge in [0.05, 0.1) is 0 Å². The summed E-state index contributed by atoms with van der Waals surface area (Å²) in [7, 11) is 0. The van der Waals surface area contributed by atoms with Crippen molar-refractivity contribution < 1.29 is 14.0 Å². The van der Waals surface area contributed by atoms with Gasteiger partial charge in [0.25, 0.3) is 0 Å². The molecule has 6 heteroatoms. The molecule has 0 spiro atoms. The van der Waals surface area contributed by atoms with Crippen LogP contribution in [0.3, 0.4) is 0 Å². The van der Waals surface area contributed by atoms with Crippen LogP contribution in [-0.2, 0) is 11.3 Å². The molecule has 22 heavy (non-hydrogen) atoms. The lowest BCUT2D eigenvalue weighted by Gasteiger charge is -2.35. The first-order valence-corrected chi connectivity index (χ1v) is 7.55. The van der Waals surface area contributed by atoms with Crippen molar-refractivity contribution in [2.24, 2.45) is 5.73 Å². The Morgan fingerprint density at radius 2 is 2.18 bits per heavy atom. The first-order valence-electron chi connectivity index (χ1n) is 7.55. The summed E-state index contributed by atoms with van der Waals surface area (Å²) in [6.45, 7) is 2.76. The number of amides is 3. The predicted octanol–water partition coefficient (Wildman–Crippen LogP) is 2.07. The molecule has 1 heterocycles. The van der Waals surface area contributed by atoms with E-state index in [-0.39, 0.29) is 30.9 Å². The fraction of sp³-hybridized carbons (Fsp3) is 0.500. The fourth-order valence-electron chi connectivity index (χ4n) is 2.82. The lowest BCUT2D eigenvalue weighted by atomic mass is 9.99. The van der Waals surface area contributed by atoms with E-state index in [0.717, 1.165) is 30.4 Å². The maximum Gasteiger partial charge on any atom is 0.317 e. The maximum absolute atomic E-state index is 13.3. The molecule has 5 nitrogen and oxygen atoms in total. The summed E-state index contributed by atoms with van der Waals surface area (Å²) < 4.78 is 13.3. The minimum Gasteiger partial charge on any atom is -0.370 e. The molecule has 1 aromatic carbocycles. The lowest BCUT2D eigenvalue weighted by Crippen LogP contribution is -2.49. The molecule has 0 unspecified atom stereocenters. The number of carbonyl (C=O) groups excluding carboxylic acids is 2. The zero-order chi connectivity index (χ0) is 16.1. The molecule has 3 amide bonds. The number of nitrogens with one attached hydrogen (secondary N) is 1. The van der Waals surface area contributed by atoms with Crippen LogP contribution < -0.4 is 11.1 Å². The number of rotatable bonds is 4. The second kappa shape index (κ2) is 7.24. The molecule has 0 bridgehead atoms. The van der Waals surface area contributed by atoms with Crippen molar-refractivity contribution in [3.63, 3.8) is 0 Å². The van der Waals surface area contributed by atoms with Crippen LogP contribution in [0, 0.1) is 12.7 Å². The van der Waals surface area contributed by atoms with E-state index in [2.05, 4.69) is 5.32 Å². The molecule has 1 saturated heterocycles. The lowest BCUT2D eigenvalue weighted by molar-refractivity contribution is -0.119. The quantitative estimate of drug-likeness (QED) is 0.893. The Kier molecular flexibility index (Phi) is 5.35. The Balaban J connectivity index is 1.97. The van der Waals surface area contributed by atoms with Crippen molar-refractivity contribution in [3.8, 4) is 0 Å². The molecule has 1 aliphatic heterocycles. The SMILES string of the molecule is Cc1ccc(F)cc1CNC(=O)N1CCCC[C@@H]1CC(N)=O. The van der Waals surface area contributed by atoms with Crippen LogP contribution >= 0.6 is 0 Å². The Morgan fingerprint density at radius 1 is 1.41 bits per heavy atom.